The summed E-state index contributed by atoms with van der Waals surface area (Å²) in [6.07, 6.45) is 1.55. The molecule has 6 heteroatoms. The van der Waals surface area contributed by atoms with E-state index in [0.29, 0.717) is 18.7 Å². The number of hydrogen-bond donors (Lipinski definition) is 0. The lowest BCUT2D eigenvalue weighted by molar-refractivity contribution is -0.150. The van der Waals surface area contributed by atoms with Crippen molar-refractivity contribution >= 4 is 39.6 Å². The Bertz CT molecular complexity index is 591. The third-order valence-corrected chi connectivity index (χ3v) is 5.85. The van der Waals surface area contributed by atoms with Gasteiger partial charge in [-0.3, -0.25) is 4.79 Å². The Balaban J connectivity index is 2.01. The summed E-state index contributed by atoms with van der Waals surface area (Å²) in [5, 5.41) is 0. The highest BCUT2D eigenvalue weighted by molar-refractivity contribution is 9.10. The van der Waals surface area contributed by atoms with Crippen molar-refractivity contribution in [3.63, 3.8) is 0 Å². The molecule has 1 aliphatic heterocycles. The van der Waals surface area contributed by atoms with Gasteiger partial charge in [-0.05, 0) is 49.9 Å². The summed E-state index contributed by atoms with van der Waals surface area (Å²) in [4.78, 5) is 26.9. The lowest BCUT2D eigenvalue weighted by Gasteiger charge is -2.22. The van der Waals surface area contributed by atoms with Gasteiger partial charge in [0.05, 0.1) is 12.9 Å². The molecular weight excluding hydrogens is 366 g/mol. The number of carbonyl (C=O) groups excluding carboxylic acids is 2. The second kappa shape index (κ2) is 7.51. The average molecular weight is 386 g/mol. The van der Waals surface area contributed by atoms with Crippen molar-refractivity contribution in [2.24, 2.45) is 0 Å². The van der Waals surface area contributed by atoms with Crippen LogP contribution < -0.4 is 0 Å². The van der Waals surface area contributed by atoms with Crippen LogP contribution in [0.2, 0.25) is 0 Å². The van der Waals surface area contributed by atoms with Crippen LogP contribution in [0.1, 0.15) is 24.0 Å². The average Bonchev–Trinajstić information content (AvgIpc) is 2.98. The zero-order valence-corrected chi connectivity index (χ0v) is 15.4. The van der Waals surface area contributed by atoms with Crippen LogP contribution in [0.15, 0.2) is 21.5 Å². The van der Waals surface area contributed by atoms with Crippen LogP contribution in [0.5, 0.6) is 0 Å². The van der Waals surface area contributed by atoms with E-state index in [2.05, 4.69) is 28.1 Å². The maximum atomic E-state index is 12.4. The van der Waals surface area contributed by atoms with E-state index < -0.39 is 6.04 Å². The number of likely N-dealkylation sites (tertiary alicyclic amines) is 1. The first kappa shape index (κ1) is 17.3. The molecule has 0 bridgehead atoms. The van der Waals surface area contributed by atoms with Gasteiger partial charge in [-0.15, -0.1) is 11.8 Å². The van der Waals surface area contributed by atoms with Crippen LogP contribution in [0, 0.1) is 13.8 Å². The number of hydrogen-bond acceptors (Lipinski definition) is 4. The molecule has 0 aromatic heterocycles. The molecule has 4 nitrogen and oxygen atoms in total. The van der Waals surface area contributed by atoms with Gasteiger partial charge in [0.1, 0.15) is 6.04 Å². The van der Waals surface area contributed by atoms with Gasteiger partial charge < -0.3 is 9.64 Å². The van der Waals surface area contributed by atoms with E-state index in [0.717, 1.165) is 26.9 Å². The molecule has 0 saturated carbocycles. The number of aryl methyl sites for hydroxylation is 2. The molecule has 1 amide bonds. The zero-order chi connectivity index (χ0) is 16.3. The Hall–Kier alpha value is -1.01. The minimum Gasteiger partial charge on any atom is -0.467 e. The number of rotatable bonds is 4. The molecule has 1 atom stereocenters. The van der Waals surface area contributed by atoms with Gasteiger partial charge in [0.2, 0.25) is 5.91 Å². The number of amides is 1. The maximum Gasteiger partial charge on any atom is 0.328 e. The molecule has 22 heavy (non-hydrogen) atoms. The predicted molar refractivity (Wildman–Crippen MR) is 91.1 cm³/mol. The van der Waals surface area contributed by atoms with E-state index in [1.807, 2.05) is 13.8 Å². The van der Waals surface area contributed by atoms with Crippen molar-refractivity contribution in [1.82, 2.24) is 4.90 Å². The number of benzene rings is 1. The summed E-state index contributed by atoms with van der Waals surface area (Å²) < 4.78 is 5.86. The first-order valence-electron chi connectivity index (χ1n) is 7.21. The molecule has 0 spiro atoms. The van der Waals surface area contributed by atoms with E-state index in [9.17, 15) is 9.59 Å². The van der Waals surface area contributed by atoms with E-state index in [-0.39, 0.29) is 11.9 Å². The van der Waals surface area contributed by atoms with Crippen LogP contribution in [0.25, 0.3) is 0 Å². The third kappa shape index (κ3) is 3.84. The van der Waals surface area contributed by atoms with Crippen molar-refractivity contribution in [2.75, 3.05) is 19.4 Å². The molecule has 1 saturated heterocycles. The van der Waals surface area contributed by atoms with E-state index >= 15 is 0 Å². The molecule has 0 aliphatic carbocycles. The number of halogens is 1. The first-order valence-corrected chi connectivity index (χ1v) is 8.98. The molecule has 1 aromatic rings. The summed E-state index contributed by atoms with van der Waals surface area (Å²) >= 11 is 5.03. The number of ether oxygens (including phenoxy) is 1. The van der Waals surface area contributed by atoms with E-state index in [1.165, 1.54) is 18.9 Å². The van der Waals surface area contributed by atoms with Crippen molar-refractivity contribution in [3.8, 4) is 0 Å². The second-order valence-electron chi connectivity index (χ2n) is 5.42. The Morgan fingerprint density at radius 2 is 2.09 bits per heavy atom. The number of methoxy groups -OCH3 is 1. The van der Waals surface area contributed by atoms with Crippen LogP contribution in [-0.4, -0.2) is 42.2 Å². The summed E-state index contributed by atoms with van der Waals surface area (Å²) in [7, 11) is 1.37. The molecule has 2 rings (SSSR count). The van der Waals surface area contributed by atoms with E-state index in [1.54, 1.807) is 4.90 Å². The fraction of sp³-hybridized carbons (Fsp3) is 0.500. The van der Waals surface area contributed by atoms with Gasteiger partial charge in [0.25, 0.3) is 0 Å². The summed E-state index contributed by atoms with van der Waals surface area (Å²) in [5.41, 5.74) is 2.29. The van der Waals surface area contributed by atoms with Gasteiger partial charge in [0, 0.05) is 15.9 Å². The Morgan fingerprint density at radius 1 is 1.36 bits per heavy atom. The standard InChI is InChI=1S/C16H20BrNO3S/c1-10-8-14(11(2)7-12(10)17)22-9-15(19)18-6-4-5-13(18)16(20)21-3/h7-8,13H,4-6,9H2,1-3H3. The van der Waals surface area contributed by atoms with Crippen LogP contribution in [0.4, 0.5) is 0 Å². The Labute approximate surface area is 143 Å². The quantitative estimate of drug-likeness (QED) is 0.588. The highest BCUT2D eigenvalue weighted by Crippen LogP contribution is 2.29. The van der Waals surface area contributed by atoms with Crippen LogP contribution >= 0.6 is 27.7 Å². The number of thioether (sulfide) groups is 1. The molecule has 0 radical (unpaired) electrons. The number of esters is 1. The lowest BCUT2D eigenvalue weighted by Crippen LogP contribution is -2.41. The monoisotopic (exact) mass is 385 g/mol. The van der Waals surface area contributed by atoms with Gasteiger partial charge in [-0.2, -0.15) is 0 Å². The topological polar surface area (TPSA) is 46.6 Å². The maximum absolute atomic E-state index is 12.4. The molecule has 1 unspecified atom stereocenters. The number of carbonyl (C=O) groups is 2. The minimum absolute atomic E-state index is 0.00197. The Kier molecular flexibility index (Phi) is 5.92. The normalized spacial score (nSPS) is 17.6. The summed E-state index contributed by atoms with van der Waals surface area (Å²) in [5.74, 6) is 0.0273. The fourth-order valence-electron chi connectivity index (χ4n) is 2.58. The summed E-state index contributed by atoms with van der Waals surface area (Å²) in [6, 6.07) is 3.74. The molecule has 120 valence electrons. The third-order valence-electron chi connectivity index (χ3n) is 3.85. The predicted octanol–water partition coefficient (Wildman–Crippen LogP) is 3.32. The minimum atomic E-state index is -0.411. The van der Waals surface area contributed by atoms with Crippen LogP contribution in [0.3, 0.4) is 0 Å². The number of nitrogens with zero attached hydrogens (tertiary/aromatic N) is 1. The highest BCUT2D eigenvalue weighted by atomic mass is 79.9. The van der Waals surface area contributed by atoms with Gasteiger partial charge >= 0.3 is 5.97 Å². The molecule has 1 heterocycles. The van der Waals surface area contributed by atoms with Crippen molar-refractivity contribution in [2.45, 2.75) is 37.6 Å². The fourth-order valence-corrected chi connectivity index (χ4v) is 4.03. The SMILES string of the molecule is COC(=O)C1CCCN1C(=O)CSc1cc(C)c(Br)cc1C. The Morgan fingerprint density at radius 3 is 2.77 bits per heavy atom. The highest BCUT2D eigenvalue weighted by Gasteiger charge is 2.34. The van der Waals surface area contributed by atoms with Crippen molar-refractivity contribution in [3.05, 3.63) is 27.7 Å². The van der Waals surface area contributed by atoms with Crippen molar-refractivity contribution in [1.29, 1.82) is 0 Å². The largest absolute Gasteiger partial charge is 0.467 e. The van der Waals surface area contributed by atoms with Gasteiger partial charge in [-0.25, -0.2) is 4.79 Å². The smallest absolute Gasteiger partial charge is 0.328 e. The zero-order valence-electron chi connectivity index (χ0n) is 13.0. The lowest BCUT2D eigenvalue weighted by atomic mass is 10.2. The molecular formula is C16H20BrNO3S. The first-order chi connectivity index (χ1) is 10.4. The molecule has 1 aromatic carbocycles. The van der Waals surface area contributed by atoms with Gasteiger partial charge in [0.15, 0.2) is 0 Å². The molecule has 1 aliphatic rings. The van der Waals surface area contributed by atoms with E-state index in [4.69, 9.17) is 4.74 Å². The molecule has 1 fully saturated rings. The van der Waals surface area contributed by atoms with Crippen LogP contribution in [-0.2, 0) is 14.3 Å². The summed E-state index contributed by atoms with van der Waals surface area (Å²) in [6.45, 7) is 4.70. The van der Waals surface area contributed by atoms with Crippen molar-refractivity contribution < 1.29 is 14.3 Å². The second-order valence-corrected chi connectivity index (χ2v) is 7.30. The van der Waals surface area contributed by atoms with Gasteiger partial charge in [-0.1, -0.05) is 15.9 Å². The molecule has 0 N–H and O–H groups in total.